The Morgan fingerprint density at radius 3 is 2.52 bits per heavy atom. The molecule has 0 amide bonds. The smallest absolute Gasteiger partial charge is 0.291 e. The Morgan fingerprint density at radius 1 is 1.10 bits per heavy atom. The first-order valence-corrected chi connectivity index (χ1v) is 6.50. The second-order valence-electron chi connectivity index (χ2n) is 4.69. The summed E-state index contributed by atoms with van der Waals surface area (Å²) in [5, 5.41) is 2.96. The fourth-order valence-electron chi connectivity index (χ4n) is 2.04. The molecule has 104 valence electrons. The Bertz CT molecular complexity index is 867. The van der Waals surface area contributed by atoms with Gasteiger partial charge >= 0.3 is 0 Å². The summed E-state index contributed by atoms with van der Waals surface area (Å²) in [7, 11) is 0. The minimum absolute atomic E-state index is 0.00299. The molecule has 5 heteroatoms. The predicted octanol–water partition coefficient (Wildman–Crippen LogP) is 2.87. The summed E-state index contributed by atoms with van der Waals surface area (Å²) in [4.78, 5) is 30.3. The fraction of sp³-hybridized carbons (Fsp3) is 0.0625. The molecular formula is C16H13N3O2. The molecule has 1 heterocycles. The third-order valence-corrected chi connectivity index (χ3v) is 3.15. The van der Waals surface area contributed by atoms with Gasteiger partial charge in [-0.2, -0.15) is 0 Å². The first kappa shape index (κ1) is 13.1. The van der Waals surface area contributed by atoms with E-state index in [2.05, 4.69) is 15.3 Å². The van der Waals surface area contributed by atoms with Crippen molar-refractivity contribution in [1.29, 1.82) is 0 Å². The highest BCUT2D eigenvalue weighted by Gasteiger charge is 2.05. The molecule has 0 aliphatic heterocycles. The number of hydrogen-bond donors (Lipinski definition) is 2. The van der Waals surface area contributed by atoms with Gasteiger partial charge in [0.05, 0.1) is 11.0 Å². The number of anilines is 2. The lowest BCUT2D eigenvalue weighted by atomic mass is 10.1. The number of fused-ring (bicyclic) bond motifs is 1. The highest BCUT2D eigenvalue weighted by molar-refractivity contribution is 5.94. The van der Waals surface area contributed by atoms with Gasteiger partial charge in [0.25, 0.3) is 5.56 Å². The molecular weight excluding hydrogens is 266 g/mol. The molecule has 2 N–H and O–H groups in total. The highest BCUT2D eigenvalue weighted by atomic mass is 16.1. The number of Topliss-reactive ketones (excluding diaryl/α,β-unsaturated/α-hetero) is 1. The summed E-state index contributed by atoms with van der Waals surface area (Å²) in [5.74, 6) is 0.229. The van der Waals surface area contributed by atoms with Gasteiger partial charge in [-0.15, -0.1) is 0 Å². The van der Waals surface area contributed by atoms with E-state index in [1.807, 2.05) is 18.2 Å². The van der Waals surface area contributed by atoms with Crippen molar-refractivity contribution in [3.05, 3.63) is 64.4 Å². The van der Waals surface area contributed by atoms with Crippen molar-refractivity contribution in [2.75, 3.05) is 5.32 Å². The molecule has 0 spiro atoms. The van der Waals surface area contributed by atoms with E-state index >= 15 is 0 Å². The Balaban J connectivity index is 1.95. The molecule has 2 aromatic carbocycles. The summed E-state index contributed by atoms with van der Waals surface area (Å²) in [6, 6.07) is 14.2. The van der Waals surface area contributed by atoms with Crippen molar-refractivity contribution in [2.24, 2.45) is 0 Å². The number of para-hydroxylation sites is 2. The van der Waals surface area contributed by atoms with Crippen LogP contribution in [0.3, 0.4) is 0 Å². The Hall–Kier alpha value is -2.95. The van der Waals surface area contributed by atoms with Crippen LogP contribution in [0, 0.1) is 0 Å². The van der Waals surface area contributed by atoms with Gasteiger partial charge in [0.15, 0.2) is 11.6 Å². The first-order chi connectivity index (χ1) is 10.1. The van der Waals surface area contributed by atoms with Crippen molar-refractivity contribution >= 4 is 28.3 Å². The third-order valence-electron chi connectivity index (χ3n) is 3.15. The van der Waals surface area contributed by atoms with Gasteiger partial charge in [-0.05, 0) is 43.3 Å². The highest BCUT2D eigenvalue weighted by Crippen LogP contribution is 2.15. The van der Waals surface area contributed by atoms with Crippen LogP contribution >= 0.6 is 0 Å². The topological polar surface area (TPSA) is 74.8 Å². The molecule has 0 bridgehead atoms. The number of benzene rings is 2. The molecule has 3 rings (SSSR count). The van der Waals surface area contributed by atoms with E-state index in [1.165, 1.54) is 6.92 Å². The molecule has 0 atom stereocenters. The number of aromatic amines is 1. The average molecular weight is 279 g/mol. The zero-order valence-electron chi connectivity index (χ0n) is 11.4. The normalized spacial score (nSPS) is 10.5. The maximum absolute atomic E-state index is 12.0. The monoisotopic (exact) mass is 279 g/mol. The summed E-state index contributed by atoms with van der Waals surface area (Å²) >= 11 is 0. The number of rotatable bonds is 3. The van der Waals surface area contributed by atoms with Crippen LogP contribution in [0.2, 0.25) is 0 Å². The maximum atomic E-state index is 12.0. The third kappa shape index (κ3) is 2.67. The number of hydrogen-bond acceptors (Lipinski definition) is 4. The minimum atomic E-state index is -0.288. The summed E-state index contributed by atoms with van der Waals surface area (Å²) in [6.07, 6.45) is 0. The lowest BCUT2D eigenvalue weighted by Gasteiger charge is -2.06. The molecule has 0 aliphatic carbocycles. The van der Waals surface area contributed by atoms with Gasteiger partial charge in [-0.3, -0.25) is 9.59 Å². The molecule has 5 nitrogen and oxygen atoms in total. The molecule has 0 unspecified atom stereocenters. The van der Waals surface area contributed by atoms with Gasteiger partial charge in [-0.25, -0.2) is 4.98 Å². The summed E-state index contributed by atoms with van der Waals surface area (Å²) in [6.45, 7) is 1.51. The second-order valence-corrected chi connectivity index (χ2v) is 4.69. The average Bonchev–Trinajstić information content (AvgIpc) is 2.48. The van der Waals surface area contributed by atoms with Crippen LogP contribution in [-0.2, 0) is 0 Å². The number of ketones is 1. The quantitative estimate of drug-likeness (QED) is 0.723. The Labute approximate surface area is 120 Å². The summed E-state index contributed by atoms with van der Waals surface area (Å²) in [5.41, 5.74) is 2.44. The van der Waals surface area contributed by atoms with Gasteiger partial charge in [0.1, 0.15) is 0 Å². The molecule has 3 aromatic rings. The van der Waals surface area contributed by atoms with Crippen molar-refractivity contribution in [3.8, 4) is 0 Å². The second kappa shape index (κ2) is 5.20. The number of H-pyrrole nitrogens is 1. The fourth-order valence-corrected chi connectivity index (χ4v) is 2.04. The van der Waals surface area contributed by atoms with E-state index in [0.29, 0.717) is 22.3 Å². The van der Waals surface area contributed by atoms with Crippen molar-refractivity contribution in [2.45, 2.75) is 6.92 Å². The molecule has 21 heavy (non-hydrogen) atoms. The summed E-state index contributed by atoms with van der Waals surface area (Å²) < 4.78 is 0. The van der Waals surface area contributed by atoms with E-state index in [4.69, 9.17) is 0 Å². The van der Waals surface area contributed by atoms with Crippen LogP contribution in [0.1, 0.15) is 17.3 Å². The predicted molar refractivity (Wildman–Crippen MR) is 82.1 cm³/mol. The van der Waals surface area contributed by atoms with Crippen molar-refractivity contribution in [3.63, 3.8) is 0 Å². The van der Waals surface area contributed by atoms with E-state index in [0.717, 1.165) is 0 Å². The van der Waals surface area contributed by atoms with Crippen LogP contribution in [0.4, 0.5) is 11.5 Å². The standard InChI is InChI=1S/C16H13N3O2/c1-10(20)11-6-8-12(9-7-11)17-15-16(21)19-14-5-3-2-4-13(14)18-15/h2-9H,1H3,(H,17,18)(H,19,21). The maximum Gasteiger partial charge on any atom is 0.291 e. The number of carbonyl (C=O) groups is 1. The van der Waals surface area contributed by atoms with Gasteiger partial charge in [0, 0.05) is 11.3 Å². The van der Waals surface area contributed by atoms with E-state index in [9.17, 15) is 9.59 Å². The van der Waals surface area contributed by atoms with Crippen LogP contribution in [0.15, 0.2) is 53.3 Å². The molecule has 0 aliphatic rings. The van der Waals surface area contributed by atoms with Crippen LogP contribution in [0.25, 0.3) is 11.0 Å². The molecule has 0 fully saturated rings. The van der Waals surface area contributed by atoms with E-state index < -0.39 is 0 Å². The zero-order valence-corrected chi connectivity index (χ0v) is 11.4. The van der Waals surface area contributed by atoms with Crippen molar-refractivity contribution in [1.82, 2.24) is 9.97 Å². The largest absolute Gasteiger partial charge is 0.336 e. The lowest BCUT2D eigenvalue weighted by Crippen LogP contribution is -2.13. The molecule has 1 aromatic heterocycles. The van der Waals surface area contributed by atoms with Crippen LogP contribution in [-0.4, -0.2) is 15.8 Å². The number of nitrogens with one attached hydrogen (secondary N) is 2. The lowest BCUT2D eigenvalue weighted by molar-refractivity contribution is 0.101. The minimum Gasteiger partial charge on any atom is -0.336 e. The van der Waals surface area contributed by atoms with Crippen molar-refractivity contribution < 1.29 is 4.79 Å². The molecule has 0 radical (unpaired) electrons. The van der Waals surface area contributed by atoms with Crippen LogP contribution in [0.5, 0.6) is 0 Å². The molecule has 0 saturated carbocycles. The number of nitrogens with zero attached hydrogens (tertiary/aromatic N) is 1. The number of carbonyl (C=O) groups excluding carboxylic acids is 1. The van der Waals surface area contributed by atoms with Gasteiger partial charge < -0.3 is 10.3 Å². The number of aromatic nitrogens is 2. The Morgan fingerprint density at radius 2 is 1.81 bits per heavy atom. The van der Waals surface area contributed by atoms with E-state index in [1.54, 1.807) is 30.3 Å². The van der Waals surface area contributed by atoms with Crippen LogP contribution < -0.4 is 10.9 Å². The first-order valence-electron chi connectivity index (χ1n) is 6.50. The Kier molecular flexibility index (Phi) is 3.23. The van der Waals surface area contributed by atoms with E-state index in [-0.39, 0.29) is 17.2 Å². The van der Waals surface area contributed by atoms with Gasteiger partial charge in [0.2, 0.25) is 0 Å². The SMILES string of the molecule is CC(=O)c1ccc(Nc2nc3ccccc3[nH]c2=O)cc1. The molecule has 0 saturated heterocycles. The van der Waals surface area contributed by atoms with Gasteiger partial charge in [-0.1, -0.05) is 12.1 Å². The zero-order chi connectivity index (χ0) is 14.8.